The van der Waals surface area contributed by atoms with Crippen LogP contribution in [0.1, 0.15) is 20.7 Å². The lowest BCUT2D eigenvalue weighted by molar-refractivity contribution is -0.385. The molecular weight excluding hydrogens is 268 g/mol. The number of hydrogen-bond donors (Lipinski definition) is 0. The third-order valence-electron chi connectivity index (χ3n) is 3.14. The average molecular weight is 272 g/mol. The minimum atomic E-state index is -0.880. The van der Waals surface area contributed by atoms with Crippen molar-refractivity contribution in [1.82, 2.24) is 0 Å². The second-order valence-corrected chi connectivity index (χ2v) is 4.26. The van der Waals surface area contributed by atoms with Crippen LogP contribution in [0.3, 0.4) is 0 Å². The standard InChI is InChI=1S/C12H4N2O6/c15-11-8-3-6(13(17)18)1-5-2-7(14(19)20)4-9(10(5)8)12(11)16/h1-4H. The van der Waals surface area contributed by atoms with Gasteiger partial charge in [0.25, 0.3) is 11.4 Å². The molecular formula is C12H4N2O6. The summed E-state index contributed by atoms with van der Waals surface area (Å²) < 4.78 is 0. The molecule has 98 valence electrons. The van der Waals surface area contributed by atoms with Crippen molar-refractivity contribution in [2.24, 2.45) is 0 Å². The number of carbonyl (C=O) groups excluding carboxylic acids is 2. The van der Waals surface area contributed by atoms with Gasteiger partial charge in [-0.25, -0.2) is 0 Å². The van der Waals surface area contributed by atoms with E-state index in [1.165, 1.54) is 0 Å². The zero-order valence-electron chi connectivity index (χ0n) is 9.65. The second-order valence-electron chi connectivity index (χ2n) is 4.26. The number of nitro benzene ring substituents is 2. The van der Waals surface area contributed by atoms with Crippen molar-refractivity contribution in [3.8, 4) is 0 Å². The van der Waals surface area contributed by atoms with E-state index in [9.17, 15) is 29.8 Å². The number of carbonyl (C=O) groups is 2. The molecule has 8 nitrogen and oxygen atoms in total. The number of rotatable bonds is 2. The van der Waals surface area contributed by atoms with E-state index >= 15 is 0 Å². The Morgan fingerprint density at radius 2 is 1.15 bits per heavy atom. The van der Waals surface area contributed by atoms with Crippen molar-refractivity contribution < 1.29 is 19.4 Å². The van der Waals surface area contributed by atoms with Gasteiger partial charge in [-0.2, -0.15) is 0 Å². The van der Waals surface area contributed by atoms with Crippen LogP contribution < -0.4 is 0 Å². The topological polar surface area (TPSA) is 120 Å². The molecule has 2 aromatic carbocycles. The van der Waals surface area contributed by atoms with Crippen LogP contribution in [0, 0.1) is 20.2 Å². The van der Waals surface area contributed by atoms with Crippen LogP contribution in [0.15, 0.2) is 24.3 Å². The molecule has 0 saturated carbocycles. The van der Waals surface area contributed by atoms with Gasteiger partial charge >= 0.3 is 0 Å². The highest BCUT2D eigenvalue weighted by atomic mass is 16.6. The molecule has 0 aromatic heterocycles. The van der Waals surface area contributed by atoms with E-state index in [-0.39, 0.29) is 33.3 Å². The van der Waals surface area contributed by atoms with Crippen LogP contribution in [0.2, 0.25) is 0 Å². The highest BCUT2D eigenvalue weighted by Gasteiger charge is 2.34. The van der Waals surface area contributed by atoms with E-state index in [0.29, 0.717) is 0 Å². The molecule has 0 saturated heterocycles. The first kappa shape index (κ1) is 11.9. The average Bonchev–Trinajstić information content (AvgIpc) is 2.65. The smallest absolute Gasteiger partial charge is 0.270 e. The van der Waals surface area contributed by atoms with E-state index in [4.69, 9.17) is 0 Å². The molecule has 20 heavy (non-hydrogen) atoms. The fourth-order valence-corrected chi connectivity index (χ4v) is 2.30. The first-order valence-electron chi connectivity index (χ1n) is 5.40. The molecule has 0 aliphatic heterocycles. The van der Waals surface area contributed by atoms with Gasteiger partial charge in [0.2, 0.25) is 11.6 Å². The van der Waals surface area contributed by atoms with Crippen LogP contribution in [-0.4, -0.2) is 21.4 Å². The summed E-state index contributed by atoms with van der Waals surface area (Å²) >= 11 is 0. The summed E-state index contributed by atoms with van der Waals surface area (Å²) in [4.78, 5) is 43.8. The Labute approximate surface area is 109 Å². The number of nitro groups is 2. The summed E-state index contributed by atoms with van der Waals surface area (Å²) in [5, 5.41) is 22.0. The van der Waals surface area contributed by atoms with Crippen molar-refractivity contribution >= 4 is 33.7 Å². The van der Waals surface area contributed by atoms with Crippen molar-refractivity contribution in [2.45, 2.75) is 0 Å². The number of ketones is 2. The lowest BCUT2D eigenvalue weighted by atomic mass is 10.0. The van der Waals surface area contributed by atoms with E-state index in [0.717, 1.165) is 24.3 Å². The maximum absolute atomic E-state index is 11.8. The van der Waals surface area contributed by atoms with Gasteiger partial charge < -0.3 is 0 Å². The maximum atomic E-state index is 11.8. The molecule has 0 bridgehead atoms. The lowest BCUT2D eigenvalue weighted by Gasteiger charge is -2.01. The van der Waals surface area contributed by atoms with Gasteiger partial charge in [-0.3, -0.25) is 29.8 Å². The Balaban J connectivity index is 2.48. The zero-order chi connectivity index (χ0) is 14.6. The fraction of sp³-hybridized carbons (Fsp3) is 0. The number of benzene rings is 2. The predicted octanol–water partition coefficient (Wildman–Crippen LogP) is 2.04. The molecule has 0 spiro atoms. The quantitative estimate of drug-likeness (QED) is 0.468. The highest BCUT2D eigenvalue weighted by molar-refractivity contribution is 6.57. The van der Waals surface area contributed by atoms with Gasteiger partial charge in [0.15, 0.2) is 0 Å². The SMILES string of the molecule is O=C1C(=O)c2cc([N+](=O)[O-])cc3cc([N+](=O)[O-])cc1c23. The first-order chi connectivity index (χ1) is 9.40. The van der Waals surface area contributed by atoms with Crippen LogP contribution in [-0.2, 0) is 0 Å². The lowest BCUT2D eigenvalue weighted by Crippen LogP contribution is -2.06. The number of hydrogen-bond acceptors (Lipinski definition) is 6. The van der Waals surface area contributed by atoms with Crippen molar-refractivity contribution in [1.29, 1.82) is 0 Å². The Morgan fingerprint density at radius 1 is 0.750 bits per heavy atom. The maximum Gasteiger partial charge on any atom is 0.270 e. The summed E-state index contributed by atoms with van der Waals surface area (Å²) in [7, 11) is 0. The van der Waals surface area contributed by atoms with Crippen LogP contribution in [0.5, 0.6) is 0 Å². The molecule has 2 aromatic rings. The zero-order valence-corrected chi connectivity index (χ0v) is 9.65. The molecule has 1 aliphatic carbocycles. The van der Waals surface area contributed by atoms with Crippen LogP contribution in [0.25, 0.3) is 10.8 Å². The summed E-state index contributed by atoms with van der Waals surface area (Å²) in [6.45, 7) is 0. The molecule has 0 N–H and O–H groups in total. The van der Waals surface area contributed by atoms with Crippen LogP contribution in [0.4, 0.5) is 11.4 Å². The number of nitrogens with zero attached hydrogens (tertiary/aromatic N) is 2. The Hall–Kier alpha value is -3.16. The molecule has 0 atom stereocenters. The second kappa shape index (κ2) is 3.67. The molecule has 3 rings (SSSR count). The van der Waals surface area contributed by atoms with E-state index in [2.05, 4.69) is 0 Å². The molecule has 8 heteroatoms. The normalized spacial score (nSPS) is 13.0. The Morgan fingerprint density at radius 3 is 1.50 bits per heavy atom. The number of non-ortho nitro benzene ring substituents is 2. The first-order valence-corrected chi connectivity index (χ1v) is 5.40. The van der Waals surface area contributed by atoms with Gasteiger partial charge in [0.05, 0.1) is 9.85 Å². The molecule has 0 radical (unpaired) electrons. The largest absolute Gasteiger partial charge is 0.285 e. The highest BCUT2D eigenvalue weighted by Crippen LogP contribution is 2.36. The summed E-state index contributed by atoms with van der Waals surface area (Å²) in [6, 6.07) is 4.26. The van der Waals surface area contributed by atoms with Crippen LogP contribution >= 0.6 is 0 Å². The van der Waals surface area contributed by atoms with Crippen molar-refractivity contribution in [3.63, 3.8) is 0 Å². The van der Waals surface area contributed by atoms with E-state index < -0.39 is 21.4 Å². The third-order valence-corrected chi connectivity index (χ3v) is 3.14. The minimum absolute atomic E-state index is 0.0795. The van der Waals surface area contributed by atoms with Crippen molar-refractivity contribution in [2.75, 3.05) is 0 Å². The van der Waals surface area contributed by atoms with Gasteiger partial charge in [0.1, 0.15) is 0 Å². The summed E-state index contributed by atoms with van der Waals surface area (Å²) in [6.07, 6.45) is 0. The van der Waals surface area contributed by atoms with Gasteiger partial charge in [-0.15, -0.1) is 0 Å². The Bertz CT molecular complexity index is 788. The minimum Gasteiger partial charge on any atom is -0.285 e. The molecule has 0 unspecified atom stereocenters. The van der Waals surface area contributed by atoms with Gasteiger partial charge in [0, 0.05) is 40.8 Å². The molecule has 0 fully saturated rings. The van der Waals surface area contributed by atoms with E-state index in [1.807, 2.05) is 0 Å². The molecule has 1 aliphatic rings. The van der Waals surface area contributed by atoms with Gasteiger partial charge in [-0.05, 0) is 5.39 Å². The Kier molecular flexibility index (Phi) is 2.18. The summed E-state index contributed by atoms with van der Waals surface area (Å²) in [5.74, 6) is -1.76. The third kappa shape index (κ3) is 1.41. The van der Waals surface area contributed by atoms with Gasteiger partial charge in [-0.1, -0.05) is 0 Å². The molecule has 0 amide bonds. The van der Waals surface area contributed by atoms with E-state index in [1.54, 1.807) is 0 Å². The predicted molar refractivity (Wildman–Crippen MR) is 65.9 cm³/mol. The van der Waals surface area contributed by atoms with Crippen molar-refractivity contribution in [3.05, 3.63) is 55.6 Å². The molecule has 0 heterocycles. The fourth-order valence-electron chi connectivity index (χ4n) is 2.30. The summed E-state index contributed by atoms with van der Waals surface area (Å²) in [5.41, 5.74) is -0.933. The number of Topliss-reactive ketones (excluding diaryl/α,β-unsaturated/α-hetero) is 2. The monoisotopic (exact) mass is 272 g/mol.